The van der Waals surface area contributed by atoms with Crippen LogP contribution in [0.4, 0.5) is 10.5 Å². The molecule has 1 aliphatic carbocycles. The van der Waals surface area contributed by atoms with Crippen molar-refractivity contribution >= 4 is 23.4 Å². The highest BCUT2D eigenvalue weighted by atomic mass is 35.5. The summed E-state index contributed by atoms with van der Waals surface area (Å²) in [5, 5.41) is 3.61. The third-order valence-electron chi connectivity index (χ3n) is 4.59. The van der Waals surface area contributed by atoms with Gasteiger partial charge in [-0.15, -0.1) is 0 Å². The number of carbonyl (C=O) groups is 1. The largest absolute Gasteiger partial charge is 0.444 e. The van der Waals surface area contributed by atoms with Gasteiger partial charge in [0.1, 0.15) is 10.8 Å². The zero-order valence-electron chi connectivity index (χ0n) is 13.9. The van der Waals surface area contributed by atoms with Crippen molar-refractivity contribution < 1.29 is 9.53 Å². The Bertz CT molecular complexity index is 573. The van der Waals surface area contributed by atoms with Crippen molar-refractivity contribution in [3.05, 3.63) is 23.5 Å². The molecule has 0 radical (unpaired) electrons. The van der Waals surface area contributed by atoms with Crippen LogP contribution in [0.15, 0.2) is 18.3 Å². The predicted molar refractivity (Wildman–Crippen MR) is 90.8 cm³/mol. The van der Waals surface area contributed by atoms with Gasteiger partial charge >= 0.3 is 6.09 Å². The predicted octanol–water partition coefficient (Wildman–Crippen LogP) is 3.47. The number of ether oxygens (including phenoxy) is 1. The summed E-state index contributed by atoms with van der Waals surface area (Å²) in [6, 6.07) is 4.11. The smallest absolute Gasteiger partial charge is 0.407 e. The fourth-order valence-corrected chi connectivity index (χ4v) is 3.87. The maximum absolute atomic E-state index is 12.1. The molecule has 126 valence electrons. The SMILES string of the molecule is CC(C)(C)OC(=O)N[C@@H]1C2CC[C@H]1CN(c1ccnc(Cl)c1)C2. The van der Waals surface area contributed by atoms with Gasteiger partial charge < -0.3 is 15.0 Å². The van der Waals surface area contributed by atoms with Gasteiger partial charge in [-0.3, -0.25) is 0 Å². The van der Waals surface area contributed by atoms with E-state index < -0.39 is 5.60 Å². The topological polar surface area (TPSA) is 54.5 Å². The number of pyridine rings is 1. The lowest BCUT2D eigenvalue weighted by atomic mass is 9.92. The van der Waals surface area contributed by atoms with E-state index in [1.54, 1.807) is 6.20 Å². The Labute approximate surface area is 142 Å². The molecule has 1 unspecified atom stereocenters. The summed E-state index contributed by atoms with van der Waals surface area (Å²) in [6.45, 7) is 7.51. The first kappa shape index (κ1) is 16.4. The number of alkyl carbamates (subject to hydrolysis) is 1. The van der Waals surface area contributed by atoms with E-state index in [4.69, 9.17) is 16.3 Å². The summed E-state index contributed by atoms with van der Waals surface area (Å²) in [4.78, 5) is 18.5. The molecule has 2 fully saturated rings. The third-order valence-corrected chi connectivity index (χ3v) is 4.80. The first-order valence-corrected chi connectivity index (χ1v) is 8.55. The van der Waals surface area contributed by atoms with Gasteiger partial charge in [0.25, 0.3) is 0 Å². The van der Waals surface area contributed by atoms with E-state index in [0.717, 1.165) is 31.6 Å². The van der Waals surface area contributed by atoms with Crippen LogP contribution in [0.2, 0.25) is 5.15 Å². The molecule has 1 aromatic rings. The van der Waals surface area contributed by atoms with Crippen LogP contribution in [-0.2, 0) is 4.74 Å². The van der Waals surface area contributed by atoms with E-state index in [1.165, 1.54) is 0 Å². The monoisotopic (exact) mass is 337 g/mol. The molecule has 6 heteroatoms. The quantitative estimate of drug-likeness (QED) is 0.839. The molecule has 3 atom stereocenters. The molecule has 1 saturated carbocycles. The number of nitrogens with zero attached hydrogens (tertiary/aromatic N) is 2. The normalized spacial score (nSPS) is 27.0. The van der Waals surface area contributed by atoms with Gasteiger partial charge in [-0.1, -0.05) is 11.6 Å². The highest BCUT2D eigenvalue weighted by Gasteiger charge is 2.43. The average molecular weight is 338 g/mol. The molecule has 1 saturated heterocycles. The zero-order chi connectivity index (χ0) is 16.6. The van der Waals surface area contributed by atoms with E-state index in [2.05, 4.69) is 15.2 Å². The fraction of sp³-hybridized carbons (Fsp3) is 0.647. The number of piperidine rings is 1. The molecular formula is C17H24ClN3O2. The Hall–Kier alpha value is -1.49. The van der Waals surface area contributed by atoms with Gasteiger partial charge in [-0.05, 0) is 57.6 Å². The molecule has 1 N–H and O–H groups in total. The fourth-order valence-electron chi connectivity index (χ4n) is 3.70. The van der Waals surface area contributed by atoms with Crippen molar-refractivity contribution in [1.82, 2.24) is 10.3 Å². The minimum atomic E-state index is -0.461. The molecule has 3 rings (SSSR count). The Morgan fingerprint density at radius 2 is 2.00 bits per heavy atom. The molecule has 1 aliphatic heterocycles. The van der Waals surface area contributed by atoms with E-state index in [9.17, 15) is 4.79 Å². The van der Waals surface area contributed by atoms with Gasteiger partial charge in [0, 0.05) is 31.0 Å². The van der Waals surface area contributed by atoms with Crippen LogP contribution in [0.25, 0.3) is 0 Å². The van der Waals surface area contributed by atoms with Gasteiger partial charge in [0.05, 0.1) is 0 Å². The number of halogens is 1. The first-order valence-electron chi connectivity index (χ1n) is 8.18. The number of aromatic nitrogens is 1. The van der Waals surface area contributed by atoms with Gasteiger partial charge in [0.2, 0.25) is 0 Å². The zero-order valence-corrected chi connectivity index (χ0v) is 14.6. The van der Waals surface area contributed by atoms with Crippen molar-refractivity contribution in [3.8, 4) is 0 Å². The lowest BCUT2D eigenvalue weighted by Gasteiger charge is -2.39. The Morgan fingerprint density at radius 1 is 1.35 bits per heavy atom. The summed E-state index contributed by atoms with van der Waals surface area (Å²) < 4.78 is 5.40. The maximum Gasteiger partial charge on any atom is 0.407 e. The van der Waals surface area contributed by atoms with Crippen LogP contribution in [0.1, 0.15) is 33.6 Å². The minimum absolute atomic E-state index is 0.207. The van der Waals surface area contributed by atoms with Crippen molar-refractivity contribution in [3.63, 3.8) is 0 Å². The minimum Gasteiger partial charge on any atom is -0.444 e. The van der Waals surface area contributed by atoms with E-state index in [1.807, 2.05) is 32.9 Å². The highest BCUT2D eigenvalue weighted by Crippen LogP contribution is 2.39. The van der Waals surface area contributed by atoms with Crippen molar-refractivity contribution in [2.24, 2.45) is 11.8 Å². The maximum atomic E-state index is 12.1. The van der Waals surface area contributed by atoms with Gasteiger partial charge in [0.15, 0.2) is 0 Å². The second-order valence-electron chi connectivity index (χ2n) is 7.51. The Balaban J connectivity index is 1.64. The van der Waals surface area contributed by atoms with Crippen LogP contribution in [0, 0.1) is 11.8 Å². The lowest BCUT2D eigenvalue weighted by Crippen LogP contribution is -2.53. The number of nitrogens with one attached hydrogen (secondary N) is 1. The number of hydrogen-bond acceptors (Lipinski definition) is 4. The number of carbonyl (C=O) groups excluding carboxylic acids is 1. The second kappa shape index (κ2) is 6.19. The molecular weight excluding hydrogens is 314 g/mol. The molecule has 1 aromatic heterocycles. The molecule has 2 heterocycles. The molecule has 23 heavy (non-hydrogen) atoms. The van der Waals surface area contributed by atoms with Crippen LogP contribution >= 0.6 is 11.6 Å². The summed E-state index contributed by atoms with van der Waals surface area (Å²) in [5.41, 5.74) is 0.648. The van der Waals surface area contributed by atoms with E-state index in [0.29, 0.717) is 17.0 Å². The van der Waals surface area contributed by atoms with E-state index >= 15 is 0 Å². The molecule has 5 nitrogen and oxygen atoms in total. The van der Waals surface area contributed by atoms with Crippen LogP contribution in [-0.4, -0.2) is 35.8 Å². The number of amides is 1. The molecule has 2 bridgehead atoms. The second-order valence-corrected chi connectivity index (χ2v) is 7.90. The first-order chi connectivity index (χ1) is 10.8. The van der Waals surface area contributed by atoms with Crippen LogP contribution in [0.5, 0.6) is 0 Å². The number of rotatable bonds is 2. The van der Waals surface area contributed by atoms with Crippen LogP contribution in [0.3, 0.4) is 0 Å². The molecule has 1 amide bonds. The summed E-state index contributed by atoms with van der Waals surface area (Å²) >= 11 is 6.00. The Morgan fingerprint density at radius 3 is 2.57 bits per heavy atom. The van der Waals surface area contributed by atoms with Crippen molar-refractivity contribution in [1.29, 1.82) is 0 Å². The summed E-state index contributed by atoms with van der Waals surface area (Å²) in [5.74, 6) is 0.904. The Kier molecular flexibility index (Phi) is 4.41. The molecule has 0 spiro atoms. The van der Waals surface area contributed by atoms with Crippen molar-refractivity contribution in [2.45, 2.75) is 45.3 Å². The number of anilines is 1. The summed E-state index contributed by atoms with van der Waals surface area (Å²) in [7, 11) is 0. The highest BCUT2D eigenvalue weighted by molar-refractivity contribution is 6.29. The van der Waals surface area contributed by atoms with Crippen LogP contribution < -0.4 is 10.2 Å². The molecule has 2 aliphatic rings. The lowest BCUT2D eigenvalue weighted by molar-refractivity contribution is 0.0472. The van der Waals surface area contributed by atoms with Gasteiger partial charge in [-0.25, -0.2) is 9.78 Å². The van der Waals surface area contributed by atoms with E-state index in [-0.39, 0.29) is 12.1 Å². The average Bonchev–Trinajstić information content (AvgIpc) is 2.68. The summed E-state index contributed by atoms with van der Waals surface area (Å²) in [6.07, 6.45) is 3.71. The number of fused-ring (bicyclic) bond motifs is 2. The number of hydrogen-bond donors (Lipinski definition) is 1. The standard InChI is InChI=1S/C17H24ClN3O2/c1-17(2,3)23-16(22)20-15-11-4-5-12(15)10-21(9-11)13-6-7-19-14(18)8-13/h6-8,11-12,15H,4-5,9-10H2,1-3H3,(H,20,22)/t11-,12?,15-/m0/s1. The van der Waals surface area contributed by atoms with Crippen molar-refractivity contribution in [2.75, 3.05) is 18.0 Å². The third kappa shape index (κ3) is 3.89. The molecule has 0 aromatic carbocycles. The van der Waals surface area contributed by atoms with Gasteiger partial charge in [-0.2, -0.15) is 0 Å².